The maximum absolute atomic E-state index is 13.1. The van der Waals surface area contributed by atoms with Crippen LogP contribution in [0.15, 0.2) is 30.3 Å². The zero-order chi connectivity index (χ0) is 19.0. The van der Waals surface area contributed by atoms with Gasteiger partial charge in [0.15, 0.2) is 17.3 Å². The monoisotopic (exact) mass is 352 g/mol. The highest BCUT2D eigenvalue weighted by Crippen LogP contribution is 2.36. The summed E-state index contributed by atoms with van der Waals surface area (Å²) in [5.74, 6) is -1.36. The van der Waals surface area contributed by atoms with E-state index in [0.29, 0.717) is 5.56 Å². The molecule has 2 aromatic rings. The van der Waals surface area contributed by atoms with Crippen molar-refractivity contribution in [3.63, 3.8) is 0 Å². The van der Waals surface area contributed by atoms with Gasteiger partial charge in [-0.15, -0.1) is 0 Å². The van der Waals surface area contributed by atoms with Gasteiger partial charge < -0.3 is 9.47 Å². The van der Waals surface area contributed by atoms with E-state index in [1.54, 1.807) is 12.1 Å². The third-order valence-electron chi connectivity index (χ3n) is 4.21. The lowest BCUT2D eigenvalue weighted by atomic mass is 9.80. The summed E-state index contributed by atoms with van der Waals surface area (Å²) in [6, 6.07) is 7.69. The second-order valence-electron chi connectivity index (χ2n) is 5.94. The Morgan fingerprint density at radius 3 is 2.31 bits per heavy atom. The average Bonchev–Trinajstić information content (AvgIpc) is 2.62. The van der Waals surface area contributed by atoms with E-state index in [9.17, 15) is 19.2 Å². The number of Topliss-reactive ketones (excluding diaryl/α,β-unsaturated/α-hetero) is 1. The summed E-state index contributed by atoms with van der Waals surface area (Å²) in [5.41, 5.74) is 1.31. The third-order valence-corrected chi connectivity index (χ3v) is 4.21. The molecule has 0 radical (unpaired) electrons. The molecule has 0 aromatic heterocycles. The largest absolute Gasteiger partial charge is 0.496 e. The second-order valence-corrected chi connectivity index (χ2v) is 5.94. The van der Waals surface area contributed by atoms with Gasteiger partial charge in [0.05, 0.1) is 12.7 Å². The number of esters is 1. The van der Waals surface area contributed by atoms with E-state index in [0.717, 1.165) is 0 Å². The molecule has 0 heterocycles. The number of carbonyl (C=O) groups excluding carboxylic acids is 4. The van der Waals surface area contributed by atoms with E-state index in [4.69, 9.17) is 9.47 Å². The van der Waals surface area contributed by atoms with E-state index in [1.807, 2.05) is 0 Å². The molecule has 3 rings (SSSR count). The number of carbonyl (C=O) groups is 4. The van der Waals surface area contributed by atoms with Gasteiger partial charge in [0, 0.05) is 29.2 Å². The molecular weight excluding hydrogens is 336 g/mol. The number of benzene rings is 2. The molecule has 0 spiro atoms. The molecule has 26 heavy (non-hydrogen) atoms. The molecule has 0 unspecified atom stereocenters. The molecule has 1 aliphatic rings. The molecule has 6 heteroatoms. The van der Waals surface area contributed by atoms with Gasteiger partial charge in [0.1, 0.15) is 12.4 Å². The van der Waals surface area contributed by atoms with Crippen LogP contribution < -0.4 is 4.74 Å². The minimum Gasteiger partial charge on any atom is -0.496 e. The van der Waals surface area contributed by atoms with Crippen LogP contribution in [0.5, 0.6) is 5.75 Å². The summed E-state index contributed by atoms with van der Waals surface area (Å²) in [5, 5.41) is 0. The van der Waals surface area contributed by atoms with Crippen LogP contribution in [-0.4, -0.2) is 30.4 Å². The lowest BCUT2D eigenvalue weighted by molar-refractivity contribution is -0.142. The van der Waals surface area contributed by atoms with Gasteiger partial charge in [-0.25, -0.2) is 0 Å². The lowest BCUT2D eigenvalue weighted by Crippen LogP contribution is -2.24. The summed E-state index contributed by atoms with van der Waals surface area (Å²) < 4.78 is 10.3. The Hall–Kier alpha value is -3.28. The number of rotatable bonds is 4. The molecule has 0 fully saturated rings. The van der Waals surface area contributed by atoms with Gasteiger partial charge in [0.2, 0.25) is 0 Å². The fourth-order valence-electron chi connectivity index (χ4n) is 3.06. The van der Waals surface area contributed by atoms with Crippen LogP contribution in [0.3, 0.4) is 0 Å². The summed E-state index contributed by atoms with van der Waals surface area (Å²) in [7, 11) is 1.38. The summed E-state index contributed by atoms with van der Waals surface area (Å²) >= 11 is 0. The van der Waals surface area contributed by atoms with Gasteiger partial charge in [-0.1, -0.05) is 18.2 Å². The lowest BCUT2D eigenvalue weighted by Gasteiger charge is -2.22. The molecule has 0 atom stereocenters. The van der Waals surface area contributed by atoms with Gasteiger partial charge >= 0.3 is 5.97 Å². The Morgan fingerprint density at radius 2 is 1.69 bits per heavy atom. The molecule has 132 valence electrons. The first-order valence-corrected chi connectivity index (χ1v) is 7.92. The van der Waals surface area contributed by atoms with E-state index in [1.165, 1.54) is 39.2 Å². The van der Waals surface area contributed by atoms with Crippen molar-refractivity contribution in [2.45, 2.75) is 20.5 Å². The fourth-order valence-corrected chi connectivity index (χ4v) is 3.06. The predicted octanol–water partition coefficient (Wildman–Crippen LogP) is 2.74. The van der Waals surface area contributed by atoms with Crippen LogP contribution in [0.2, 0.25) is 0 Å². The number of hydrogen-bond donors (Lipinski definition) is 0. The first-order valence-electron chi connectivity index (χ1n) is 7.92. The zero-order valence-corrected chi connectivity index (χ0v) is 14.5. The molecule has 2 aromatic carbocycles. The van der Waals surface area contributed by atoms with E-state index in [-0.39, 0.29) is 51.7 Å². The maximum Gasteiger partial charge on any atom is 0.302 e. The maximum atomic E-state index is 13.1. The van der Waals surface area contributed by atoms with Crippen molar-refractivity contribution in [1.82, 2.24) is 0 Å². The number of fused-ring (bicyclic) bond motifs is 2. The molecular formula is C20H16O6. The topological polar surface area (TPSA) is 86.7 Å². The highest BCUT2D eigenvalue weighted by molar-refractivity contribution is 6.31. The normalized spacial score (nSPS) is 12.3. The smallest absolute Gasteiger partial charge is 0.302 e. The molecule has 0 saturated carbocycles. The Labute approximate surface area is 149 Å². The van der Waals surface area contributed by atoms with E-state index >= 15 is 0 Å². The highest BCUT2D eigenvalue weighted by atomic mass is 16.5. The van der Waals surface area contributed by atoms with Gasteiger partial charge in [-0.3, -0.25) is 19.2 Å². The minimum absolute atomic E-state index is 0.0409. The van der Waals surface area contributed by atoms with Crippen LogP contribution in [0.4, 0.5) is 0 Å². The van der Waals surface area contributed by atoms with Crippen LogP contribution in [0.25, 0.3) is 0 Å². The summed E-state index contributed by atoms with van der Waals surface area (Å²) in [6.45, 7) is 2.59. The molecule has 0 bridgehead atoms. The standard InChI is InChI=1S/C20H16O6/c1-10(21)13-5-4-6-14-17(13)20(24)18-15(19(14)23)7-12(8-16(18)25-3)9-26-11(2)22/h4-8H,9H2,1-3H3. The Balaban J connectivity index is 2.21. The van der Waals surface area contributed by atoms with Crippen molar-refractivity contribution in [3.8, 4) is 5.75 Å². The van der Waals surface area contributed by atoms with Crippen LogP contribution >= 0.6 is 0 Å². The highest BCUT2D eigenvalue weighted by Gasteiger charge is 2.35. The van der Waals surface area contributed by atoms with Crippen molar-refractivity contribution in [2.24, 2.45) is 0 Å². The minimum atomic E-state index is -0.458. The van der Waals surface area contributed by atoms with Gasteiger partial charge in [-0.05, 0) is 24.6 Å². The third kappa shape index (κ3) is 2.79. The molecule has 1 aliphatic carbocycles. The molecule has 0 aliphatic heterocycles. The molecule has 6 nitrogen and oxygen atoms in total. The van der Waals surface area contributed by atoms with Crippen molar-refractivity contribution in [3.05, 3.63) is 63.7 Å². The van der Waals surface area contributed by atoms with Crippen molar-refractivity contribution in [2.75, 3.05) is 7.11 Å². The summed E-state index contributed by atoms with van der Waals surface area (Å²) in [4.78, 5) is 49.0. The number of hydrogen-bond acceptors (Lipinski definition) is 6. The first-order chi connectivity index (χ1) is 12.3. The Morgan fingerprint density at radius 1 is 0.962 bits per heavy atom. The van der Waals surface area contributed by atoms with Gasteiger partial charge in [0.25, 0.3) is 0 Å². The average molecular weight is 352 g/mol. The molecule has 0 amide bonds. The van der Waals surface area contributed by atoms with Gasteiger partial charge in [-0.2, -0.15) is 0 Å². The summed E-state index contributed by atoms with van der Waals surface area (Å²) in [6.07, 6.45) is 0. The molecule has 0 saturated heterocycles. The van der Waals surface area contributed by atoms with E-state index in [2.05, 4.69) is 0 Å². The van der Waals surface area contributed by atoms with Crippen molar-refractivity contribution in [1.29, 1.82) is 0 Å². The fraction of sp³-hybridized carbons (Fsp3) is 0.200. The number of ketones is 3. The van der Waals surface area contributed by atoms with Crippen molar-refractivity contribution < 1.29 is 28.7 Å². The molecule has 0 N–H and O–H groups in total. The Kier molecular flexibility index (Phi) is 4.42. The second kappa shape index (κ2) is 6.55. The number of ether oxygens (including phenoxy) is 2. The van der Waals surface area contributed by atoms with Crippen LogP contribution in [-0.2, 0) is 16.1 Å². The quantitative estimate of drug-likeness (QED) is 0.530. The Bertz CT molecular complexity index is 971. The number of methoxy groups -OCH3 is 1. The SMILES string of the molecule is COc1cc(COC(C)=O)cc2c1C(=O)c1c(C(C)=O)cccc1C2=O. The first kappa shape index (κ1) is 17.5. The van der Waals surface area contributed by atoms with Crippen LogP contribution in [0.1, 0.15) is 61.6 Å². The zero-order valence-electron chi connectivity index (χ0n) is 14.5. The predicted molar refractivity (Wildman–Crippen MR) is 91.8 cm³/mol. The van der Waals surface area contributed by atoms with Crippen LogP contribution in [0, 0.1) is 0 Å². The van der Waals surface area contributed by atoms with Crippen molar-refractivity contribution >= 4 is 23.3 Å². The van der Waals surface area contributed by atoms with E-state index < -0.39 is 11.8 Å².